The van der Waals surface area contributed by atoms with Crippen molar-refractivity contribution in [3.63, 3.8) is 0 Å². The van der Waals surface area contributed by atoms with Crippen LogP contribution >= 0.6 is 0 Å². The molecule has 3 rings (SSSR count). The highest BCUT2D eigenvalue weighted by atomic mass is 19.1. The lowest BCUT2D eigenvalue weighted by atomic mass is 9.99. The van der Waals surface area contributed by atoms with E-state index in [9.17, 15) is 4.39 Å². The van der Waals surface area contributed by atoms with Crippen molar-refractivity contribution in [1.29, 1.82) is 0 Å². The molecule has 0 spiro atoms. The highest BCUT2D eigenvalue weighted by Crippen LogP contribution is 2.26. The highest BCUT2D eigenvalue weighted by Gasteiger charge is 2.13. The fourth-order valence-electron chi connectivity index (χ4n) is 2.87. The van der Waals surface area contributed by atoms with E-state index in [1.54, 1.807) is 6.07 Å². The molecule has 0 atom stereocenters. The summed E-state index contributed by atoms with van der Waals surface area (Å²) in [6.45, 7) is 6.18. The van der Waals surface area contributed by atoms with Crippen LogP contribution in [0.3, 0.4) is 0 Å². The molecule has 110 valence electrons. The maximum absolute atomic E-state index is 14.1. The number of anilines is 1. The number of aromatic nitrogens is 1. The van der Waals surface area contributed by atoms with Crippen LogP contribution in [0, 0.1) is 5.82 Å². The molecule has 1 aromatic heterocycles. The lowest BCUT2D eigenvalue weighted by Gasteiger charge is -2.16. The van der Waals surface area contributed by atoms with E-state index >= 15 is 0 Å². The molecule has 1 saturated heterocycles. The van der Waals surface area contributed by atoms with Crippen LogP contribution in [0.5, 0.6) is 0 Å². The Hall–Kier alpha value is -1.90. The Bertz CT molecular complexity index is 614. The molecule has 1 aliphatic rings. The molecule has 21 heavy (non-hydrogen) atoms. The van der Waals surface area contributed by atoms with Gasteiger partial charge in [-0.15, -0.1) is 0 Å². The van der Waals surface area contributed by atoms with Crippen LogP contribution in [0.25, 0.3) is 11.1 Å². The third kappa shape index (κ3) is 2.92. The van der Waals surface area contributed by atoms with E-state index < -0.39 is 0 Å². The normalized spacial score (nSPS) is 15.0. The van der Waals surface area contributed by atoms with Crippen LogP contribution in [0.2, 0.25) is 0 Å². The van der Waals surface area contributed by atoms with Gasteiger partial charge in [-0.1, -0.05) is 26.0 Å². The lowest BCUT2D eigenvalue weighted by Crippen LogP contribution is -2.18. The van der Waals surface area contributed by atoms with Crippen molar-refractivity contribution in [2.45, 2.75) is 32.6 Å². The standard InChI is InChI=1S/C18H21FN2/c1-13(2)16-7-5-14(11-17(16)19)15-6-8-18(20-12-15)21-9-3-4-10-21/h5-8,11-13H,3-4,9-10H2,1-2H3. The molecule has 0 bridgehead atoms. The van der Waals surface area contributed by atoms with Gasteiger partial charge in [0.1, 0.15) is 11.6 Å². The monoisotopic (exact) mass is 284 g/mol. The van der Waals surface area contributed by atoms with Crippen LogP contribution in [-0.2, 0) is 0 Å². The first-order chi connectivity index (χ1) is 10.1. The first kappa shape index (κ1) is 14.1. The van der Waals surface area contributed by atoms with Crippen LogP contribution in [0.15, 0.2) is 36.5 Å². The summed E-state index contributed by atoms with van der Waals surface area (Å²) in [6, 6.07) is 9.54. The number of rotatable bonds is 3. The number of hydrogen-bond donors (Lipinski definition) is 0. The Morgan fingerprint density at radius 1 is 1.05 bits per heavy atom. The summed E-state index contributed by atoms with van der Waals surface area (Å²) in [6.07, 6.45) is 4.33. The zero-order chi connectivity index (χ0) is 14.8. The van der Waals surface area contributed by atoms with E-state index in [1.165, 1.54) is 12.8 Å². The molecule has 2 nitrogen and oxygen atoms in total. The first-order valence-corrected chi connectivity index (χ1v) is 7.66. The molecular weight excluding hydrogens is 263 g/mol. The van der Waals surface area contributed by atoms with Gasteiger partial charge >= 0.3 is 0 Å². The van der Waals surface area contributed by atoms with Gasteiger partial charge in [0.15, 0.2) is 0 Å². The van der Waals surface area contributed by atoms with E-state index in [4.69, 9.17) is 0 Å². The third-order valence-corrected chi connectivity index (χ3v) is 4.13. The van der Waals surface area contributed by atoms with Crippen molar-refractivity contribution < 1.29 is 4.39 Å². The summed E-state index contributed by atoms with van der Waals surface area (Å²) < 4.78 is 14.1. The molecule has 0 N–H and O–H groups in total. The molecule has 0 unspecified atom stereocenters. The smallest absolute Gasteiger partial charge is 0.128 e. The summed E-state index contributed by atoms with van der Waals surface area (Å²) in [4.78, 5) is 6.83. The van der Waals surface area contributed by atoms with E-state index in [2.05, 4.69) is 9.88 Å². The van der Waals surface area contributed by atoms with Crippen molar-refractivity contribution in [2.24, 2.45) is 0 Å². The third-order valence-electron chi connectivity index (χ3n) is 4.13. The Balaban J connectivity index is 1.85. The quantitative estimate of drug-likeness (QED) is 0.818. The minimum absolute atomic E-state index is 0.133. The zero-order valence-corrected chi connectivity index (χ0v) is 12.6. The highest BCUT2D eigenvalue weighted by molar-refractivity contribution is 5.64. The van der Waals surface area contributed by atoms with Gasteiger partial charge in [-0.25, -0.2) is 9.37 Å². The second-order valence-corrected chi connectivity index (χ2v) is 5.99. The number of pyridine rings is 1. The fraction of sp³-hybridized carbons (Fsp3) is 0.389. The van der Waals surface area contributed by atoms with Crippen LogP contribution in [-0.4, -0.2) is 18.1 Å². The van der Waals surface area contributed by atoms with Gasteiger partial charge in [-0.3, -0.25) is 0 Å². The molecule has 2 aromatic rings. The molecule has 1 aromatic carbocycles. The molecule has 0 aliphatic carbocycles. The van der Waals surface area contributed by atoms with Crippen molar-refractivity contribution >= 4 is 5.82 Å². The molecule has 0 amide bonds. The summed E-state index contributed by atoms with van der Waals surface area (Å²) in [7, 11) is 0. The molecule has 1 fully saturated rings. The number of halogens is 1. The molecular formula is C18H21FN2. The summed E-state index contributed by atoms with van der Waals surface area (Å²) in [5.41, 5.74) is 2.62. The Labute approximate surface area is 125 Å². The van der Waals surface area contributed by atoms with Crippen molar-refractivity contribution in [3.05, 3.63) is 47.9 Å². The van der Waals surface area contributed by atoms with Crippen LogP contribution in [0.4, 0.5) is 10.2 Å². The molecule has 1 aliphatic heterocycles. The van der Waals surface area contributed by atoms with Crippen LogP contribution < -0.4 is 4.90 Å². The zero-order valence-electron chi connectivity index (χ0n) is 12.6. The van der Waals surface area contributed by atoms with Gasteiger partial charge in [-0.05, 0) is 48.1 Å². The van der Waals surface area contributed by atoms with Crippen molar-refractivity contribution in [1.82, 2.24) is 4.98 Å². The minimum Gasteiger partial charge on any atom is -0.357 e. The van der Waals surface area contributed by atoms with Gasteiger partial charge in [-0.2, -0.15) is 0 Å². The maximum Gasteiger partial charge on any atom is 0.128 e. The van der Waals surface area contributed by atoms with Gasteiger partial charge < -0.3 is 4.90 Å². The Kier molecular flexibility index (Phi) is 3.91. The van der Waals surface area contributed by atoms with Crippen molar-refractivity contribution in [3.8, 4) is 11.1 Å². The number of benzene rings is 1. The largest absolute Gasteiger partial charge is 0.357 e. The second-order valence-electron chi connectivity index (χ2n) is 5.99. The topological polar surface area (TPSA) is 16.1 Å². The van der Waals surface area contributed by atoms with Gasteiger partial charge in [0.2, 0.25) is 0 Å². The van der Waals surface area contributed by atoms with E-state index in [0.717, 1.165) is 35.6 Å². The number of hydrogen-bond acceptors (Lipinski definition) is 2. The summed E-state index contributed by atoms with van der Waals surface area (Å²) in [5.74, 6) is 1.09. The second kappa shape index (κ2) is 5.84. The van der Waals surface area contributed by atoms with E-state index in [-0.39, 0.29) is 11.7 Å². The summed E-state index contributed by atoms with van der Waals surface area (Å²) >= 11 is 0. The van der Waals surface area contributed by atoms with Crippen molar-refractivity contribution in [2.75, 3.05) is 18.0 Å². The molecule has 0 radical (unpaired) electrons. The predicted molar refractivity (Wildman–Crippen MR) is 85.2 cm³/mol. The maximum atomic E-state index is 14.1. The lowest BCUT2D eigenvalue weighted by molar-refractivity contribution is 0.599. The molecule has 0 saturated carbocycles. The molecule has 3 heteroatoms. The Morgan fingerprint density at radius 2 is 1.76 bits per heavy atom. The SMILES string of the molecule is CC(C)c1ccc(-c2ccc(N3CCCC3)nc2)cc1F. The van der Waals surface area contributed by atoms with Gasteiger partial charge in [0.05, 0.1) is 0 Å². The number of nitrogens with zero attached hydrogens (tertiary/aromatic N) is 2. The summed E-state index contributed by atoms with van der Waals surface area (Å²) in [5, 5.41) is 0. The van der Waals surface area contributed by atoms with Crippen LogP contribution in [0.1, 0.15) is 38.2 Å². The van der Waals surface area contributed by atoms with Gasteiger partial charge in [0.25, 0.3) is 0 Å². The Morgan fingerprint density at radius 3 is 2.33 bits per heavy atom. The van der Waals surface area contributed by atoms with Gasteiger partial charge in [0, 0.05) is 24.8 Å². The predicted octanol–water partition coefficient (Wildman–Crippen LogP) is 4.61. The minimum atomic E-state index is -0.133. The fourth-order valence-corrected chi connectivity index (χ4v) is 2.87. The van der Waals surface area contributed by atoms with E-state index in [0.29, 0.717) is 0 Å². The average molecular weight is 284 g/mol. The first-order valence-electron chi connectivity index (χ1n) is 7.66. The van der Waals surface area contributed by atoms with E-state index in [1.807, 2.05) is 44.3 Å². The molecule has 2 heterocycles. The average Bonchev–Trinajstić information content (AvgIpc) is 3.01.